The highest BCUT2D eigenvalue weighted by molar-refractivity contribution is 5.90. The van der Waals surface area contributed by atoms with Gasteiger partial charge < -0.3 is 16.9 Å². The maximum absolute atomic E-state index is 10.9. The molecule has 0 aromatic rings. The van der Waals surface area contributed by atoms with Crippen molar-refractivity contribution in [2.75, 3.05) is 27.2 Å². The number of hydrogen-bond acceptors (Lipinski definition) is 1. The van der Waals surface area contributed by atoms with E-state index in [-0.39, 0.29) is 18.2 Å². The van der Waals surface area contributed by atoms with Gasteiger partial charge >= 0.3 is 0 Å². The number of carbonyl (C=O) groups is 1. The molecule has 66 valence electrons. The van der Waals surface area contributed by atoms with Crippen LogP contribution in [0.3, 0.4) is 0 Å². The van der Waals surface area contributed by atoms with E-state index in [1.165, 1.54) is 6.08 Å². The zero-order chi connectivity index (χ0) is 8.20. The van der Waals surface area contributed by atoms with Crippen molar-refractivity contribution < 1.29 is 21.7 Å². The summed E-state index contributed by atoms with van der Waals surface area (Å²) < 4.78 is 0.741. The van der Waals surface area contributed by atoms with Crippen LogP contribution < -0.4 is 12.4 Å². The van der Waals surface area contributed by atoms with Crippen LogP contribution in [0, 0.1) is 0 Å². The van der Waals surface area contributed by atoms with Crippen molar-refractivity contribution in [1.29, 1.82) is 0 Å². The molecule has 0 unspecified atom stereocenters. The molecule has 0 radical (unpaired) electrons. The SMILES string of the molecule is C=CC(=O)C[N+](C)(C)CC.[Cl-]. The number of likely N-dealkylation sites (N-methyl/N-ethyl adjacent to an activating group) is 1. The number of rotatable bonds is 4. The van der Waals surface area contributed by atoms with Crippen molar-refractivity contribution in [3.63, 3.8) is 0 Å². The lowest BCUT2D eigenvalue weighted by molar-refractivity contribution is -0.880. The van der Waals surface area contributed by atoms with Gasteiger partial charge in [0, 0.05) is 0 Å². The first-order chi connectivity index (χ1) is 4.52. The van der Waals surface area contributed by atoms with Gasteiger partial charge in [0.15, 0.2) is 0 Å². The summed E-state index contributed by atoms with van der Waals surface area (Å²) in [5.41, 5.74) is 0. The fraction of sp³-hybridized carbons (Fsp3) is 0.625. The Labute approximate surface area is 74.9 Å². The van der Waals surface area contributed by atoms with Gasteiger partial charge in [0.05, 0.1) is 20.6 Å². The van der Waals surface area contributed by atoms with Crippen LogP contribution in [0.15, 0.2) is 12.7 Å². The molecule has 3 heteroatoms. The van der Waals surface area contributed by atoms with Crippen LogP contribution in [0.2, 0.25) is 0 Å². The third kappa shape index (κ3) is 6.07. The molecule has 0 aliphatic carbocycles. The van der Waals surface area contributed by atoms with Gasteiger partial charge in [-0.1, -0.05) is 6.58 Å². The third-order valence-corrected chi connectivity index (χ3v) is 1.67. The summed E-state index contributed by atoms with van der Waals surface area (Å²) in [6.07, 6.45) is 1.38. The summed E-state index contributed by atoms with van der Waals surface area (Å²) in [6.45, 7) is 7.01. The van der Waals surface area contributed by atoms with Gasteiger partial charge in [0.25, 0.3) is 0 Å². The average molecular weight is 178 g/mol. The van der Waals surface area contributed by atoms with Crippen molar-refractivity contribution in [3.05, 3.63) is 12.7 Å². The van der Waals surface area contributed by atoms with E-state index >= 15 is 0 Å². The Balaban J connectivity index is 0. The van der Waals surface area contributed by atoms with Gasteiger partial charge in [0.2, 0.25) is 5.78 Å². The van der Waals surface area contributed by atoms with E-state index in [0.29, 0.717) is 6.54 Å². The molecule has 2 nitrogen and oxygen atoms in total. The third-order valence-electron chi connectivity index (χ3n) is 1.67. The Hall–Kier alpha value is -0.340. The van der Waals surface area contributed by atoms with Crippen molar-refractivity contribution in [2.45, 2.75) is 6.92 Å². The highest BCUT2D eigenvalue weighted by atomic mass is 35.5. The molecule has 0 N–H and O–H groups in total. The molecule has 0 amide bonds. The van der Waals surface area contributed by atoms with Gasteiger partial charge in [-0.2, -0.15) is 0 Å². The second-order valence-electron chi connectivity index (χ2n) is 3.08. The molecule has 11 heavy (non-hydrogen) atoms. The van der Waals surface area contributed by atoms with Gasteiger partial charge in [-0.05, 0) is 13.0 Å². The highest BCUT2D eigenvalue weighted by Crippen LogP contribution is 1.95. The molecule has 0 rings (SSSR count). The van der Waals surface area contributed by atoms with E-state index in [4.69, 9.17) is 0 Å². The van der Waals surface area contributed by atoms with Crippen molar-refractivity contribution >= 4 is 5.78 Å². The zero-order valence-electron chi connectivity index (χ0n) is 7.43. The summed E-state index contributed by atoms with van der Waals surface area (Å²) in [7, 11) is 4.06. The van der Waals surface area contributed by atoms with E-state index < -0.39 is 0 Å². The van der Waals surface area contributed by atoms with Gasteiger partial charge in [0.1, 0.15) is 6.54 Å². The number of nitrogens with zero attached hydrogens (tertiary/aromatic N) is 1. The van der Waals surface area contributed by atoms with Gasteiger partial charge in [-0.3, -0.25) is 4.79 Å². The first-order valence-corrected chi connectivity index (χ1v) is 3.49. The summed E-state index contributed by atoms with van der Waals surface area (Å²) in [5, 5.41) is 0. The molecule has 0 spiro atoms. The predicted octanol–water partition coefficient (Wildman–Crippen LogP) is -2.16. The Morgan fingerprint density at radius 1 is 1.55 bits per heavy atom. The Bertz CT molecular complexity index is 143. The Morgan fingerprint density at radius 3 is 2.27 bits per heavy atom. The molecule has 0 saturated heterocycles. The Kier molecular flexibility index (Phi) is 6.43. The van der Waals surface area contributed by atoms with E-state index in [1.807, 2.05) is 14.1 Å². The minimum Gasteiger partial charge on any atom is -1.00 e. The average Bonchev–Trinajstić information content (AvgIpc) is 1.87. The molecule has 0 bridgehead atoms. The van der Waals surface area contributed by atoms with Crippen LogP contribution in [0.5, 0.6) is 0 Å². The maximum Gasteiger partial charge on any atom is 0.209 e. The number of hydrogen-bond donors (Lipinski definition) is 0. The van der Waals surface area contributed by atoms with Crippen LogP contribution in [0.25, 0.3) is 0 Å². The van der Waals surface area contributed by atoms with E-state index in [9.17, 15) is 4.79 Å². The molecule has 0 aliphatic heterocycles. The van der Waals surface area contributed by atoms with Crippen LogP contribution in [0.1, 0.15) is 6.92 Å². The Morgan fingerprint density at radius 2 is 2.00 bits per heavy atom. The van der Waals surface area contributed by atoms with Crippen LogP contribution in [-0.2, 0) is 4.79 Å². The first-order valence-electron chi connectivity index (χ1n) is 3.49. The topological polar surface area (TPSA) is 17.1 Å². The first kappa shape index (κ1) is 13.3. The zero-order valence-corrected chi connectivity index (χ0v) is 8.19. The molecule has 0 atom stereocenters. The fourth-order valence-electron chi connectivity index (χ4n) is 0.598. The van der Waals surface area contributed by atoms with Crippen molar-refractivity contribution in [3.8, 4) is 0 Å². The minimum absolute atomic E-state index is 0. The second-order valence-corrected chi connectivity index (χ2v) is 3.08. The molecular weight excluding hydrogens is 162 g/mol. The number of carbonyl (C=O) groups excluding carboxylic acids is 1. The minimum atomic E-state index is 0. The lowest BCUT2D eigenvalue weighted by Crippen LogP contribution is -3.00. The number of halogens is 1. The predicted molar refractivity (Wildman–Crippen MR) is 42.7 cm³/mol. The van der Waals surface area contributed by atoms with Gasteiger partial charge in [-0.25, -0.2) is 0 Å². The van der Waals surface area contributed by atoms with E-state index in [1.54, 1.807) is 0 Å². The summed E-state index contributed by atoms with van der Waals surface area (Å²) >= 11 is 0. The van der Waals surface area contributed by atoms with E-state index in [0.717, 1.165) is 11.0 Å². The summed E-state index contributed by atoms with van der Waals surface area (Å²) in [6, 6.07) is 0. The molecule has 0 fully saturated rings. The van der Waals surface area contributed by atoms with Crippen LogP contribution in [-0.4, -0.2) is 37.5 Å². The highest BCUT2D eigenvalue weighted by Gasteiger charge is 2.14. The van der Waals surface area contributed by atoms with Crippen LogP contribution in [0.4, 0.5) is 0 Å². The van der Waals surface area contributed by atoms with Crippen LogP contribution >= 0.6 is 0 Å². The lowest BCUT2D eigenvalue weighted by atomic mass is 10.3. The second kappa shape index (κ2) is 5.33. The fourth-order valence-corrected chi connectivity index (χ4v) is 0.598. The molecule has 0 aromatic carbocycles. The van der Waals surface area contributed by atoms with E-state index in [2.05, 4.69) is 13.5 Å². The van der Waals surface area contributed by atoms with Crippen molar-refractivity contribution in [2.24, 2.45) is 0 Å². The number of ketones is 1. The monoisotopic (exact) mass is 177 g/mol. The standard InChI is InChI=1S/C8H16NO.ClH/c1-5-8(10)7-9(3,4)6-2;/h5H,1,6-7H2,2-4H3;1H/q+1;/p-1. The quantitative estimate of drug-likeness (QED) is 0.353. The number of quaternary nitrogens is 1. The molecule has 0 saturated carbocycles. The van der Waals surface area contributed by atoms with Crippen molar-refractivity contribution in [1.82, 2.24) is 0 Å². The molecule has 0 heterocycles. The molecule has 0 aliphatic rings. The normalized spacial score (nSPS) is 10.1. The lowest BCUT2D eigenvalue weighted by Gasteiger charge is -2.26. The molecule has 0 aromatic heterocycles. The smallest absolute Gasteiger partial charge is 0.209 e. The van der Waals surface area contributed by atoms with Gasteiger partial charge in [-0.15, -0.1) is 0 Å². The largest absolute Gasteiger partial charge is 1.00 e. The summed E-state index contributed by atoms with van der Waals surface area (Å²) in [4.78, 5) is 10.9. The summed E-state index contributed by atoms with van der Waals surface area (Å²) in [5.74, 6) is 0.117. The maximum atomic E-state index is 10.9. The molecular formula is C8H16ClNO.